The zero-order valence-electron chi connectivity index (χ0n) is 20.6. The normalized spacial score (nSPS) is 10.9. The lowest BCUT2D eigenvalue weighted by Gasteiger charge is -2.10. The van der Waals surface area contributed by atoms with E-state index in [0.717, 1.165) is 5.69 Å². The Hall–Kier alpha value is -3.99. The first kappa shape index (κ1) is 28.0. The van der Waals surface area contributed by atoms with Gasteiger partial charge in [-0.1, -0.05) is 59.2 Å². The highest BCUT2D eigenvalue weighted by atomic mass is 35.5. The largest absolute Gasteiger partial charge is 0.345 e. The Morgan fingerprint density at radius 1 is 0.974 bits per heavy atom. The van der Waals surface area contributed by atoms with Gasteiger partial charge in [0.1, 0.15) is 0 Å². The summed E-state index contributed by atoms with van der Waals surface area (Å²) >= 11 is 13.3. The molecule has 0 fully saturated rings. The Kier molecular flexibility index (Phi) is 9.85. The van der Waals surface area contributed by atoms with Gasteiger partial charge in [0.25, 0.3) is 5.91 Å². The molecule has 0 radical (unpaired) electrons. The Bertz CT molecular complexity index is 1490. The van der Waals surface area contributed by atoms with E-state index in [1.54, 1.807) is 47.0 Å². The maximum absolute atomic E-state index is 12.6. The van der Waals surface area contributed by atoms with E-state index in [1.807, 2.05) is 30.3 Å². The van der Waals surface area contributed by atoms with Gasteiger partial charge in [0, 0.05) is 17.3 Å². The van der Waals surface area contributed by atoms with Gasteiger partial charge in [-0.3, -0.25) is 9.59 Å². The van der Waals surface area contributed by atoms with Crippen LogP contribution in [0, 0.1) is 0 Å². The molecular formula is C27H23Cl2N7O2S. The Morgan fingerprint density at radius 2 is 1.69 bits per heavy atom. The van der Waals surface area contributed by atoms with Crippen LogP contribution in [0.4, 0.5) is 17.1 Å². The highest BCUT2D eigenvalue weighted by molar-refractivity contribution is 7.99. The van der Waals surface area contributed by atoms with Gasteiger partial charge in [0.2, 0.25) is 5.91 Å². The Balaban J connectivity index is 1.31. The molecule has 2 amide bonds. The molecule has 3 aromatic carbocycles. The smallest absolute Gasteiger partial charge is 0.253 e. The summed E-state index contributed by atoms with van der Waals surface area (Å²) < 4.78 is 1.78. The highest BCUT2D eigenvalue weighted by Gasteiger charge is 2.16. The van der Waals surface area contributed by atoms with E-state index in [9.17, 15) is 9.59 Å². The first-order valence-electron chi connectivity index (χ1n) is 11.7. The SMILES string of the molecule is C=CCn1c(CNC(=O)c2ccc(Cl)cc2Cl)nnc1SCC(=O)Nc1ccc(N=Nc2ccccc2)cc1. The third-order valence-electron chi connectivity index (χ3n) is 5.21. The number of benzene rings is 3. The second-order valence-electron chi connectivity index (χ2n) is 8.02. The number of aromatic nitrogens is 3. The lowest BCUT2D eigenvalue weighted by atomic mass is 10.2. The molecule has 1 aromatic heterocycles. The molecule has 0 aliphatic rings. The standard InChI is InChI=1S/C27H23Cl2N7O2S/c1-2-14-36-24(16-30-26(38)22-13-8-18(28)15-23(22)29)34-35-27(36)39-17-25(37)31-19-9-11-21(12-10-19)33-32-20-6-4-3-5-7-20/h2-13,15H,1,14,16-17H2,(H,30,38)(H,31,37). The molecule has 39 heavy (non-hydrogen) atoms. The van der Waals surface area contributed by atoms with Crippen LogP contribution in [0.25, 0.3) is 0 Å². The maximum Gasteiger partial charge on any atom is 0.253 e. The molecule has 0 aliphatic heterocycles. The number of halogens is 2. The number of hydrogen-bond acceptors (Lipinski definition) is 7. The molecule has 0 aliphatic carbocycles. The van der Waals surface area contributed by atoms with Crippen molar-refractivity contribution in [1.82, 2.24) is 20.1 Å². The molecule has 4 aromatic rings. The van der Waals surface area contributed by atoms with Crippen LogP contribution in [0.1, 0.15) is 16.2 Å². The topological polar surface area (TPSA) is 114 Å². The number of nitrogens with one attached hydrogen (secondary N) is 2. The molecule has 0 spiro atoms. The van der Waals surface area contributed by atoms with Crippen LogP contribution in [-0.4, -0.2) is 32.3 Å². The van der Waals surface area contributed by atoms with Gasteiger partial charge in [-0.2, -0.15) is 10.2 Å². The first-order valence-corrected chi connectivity index (χ1v) is 13.4. The number of nitrogens with zero attached hydrogens (tertiary/aromatic N) is 5. The van der Waals surface area contributed by atoms with Crippen LogP contribution in [-0.2, 0) is 17.9 Å². The van der Waals surface area contributed by atoms with E-state index in [0.29, 0.717) is 39.5 Å². The summed E-state index contributed by atoms with van der Waals surface area (Å²) in [6.07, 6.45) is 1.69. The summed E-state index contributed by atoms with van der Waals surface area (Å²) in [7, 11) is 0. The molecule has 198 valence electrons. The van der Waals surface area contributed by atoms with E-state index in [2.05, 4.69) is 37.6 Å². The van der Waals surface area contributed by atoms with Gasteiger partial charge in [0.05, 0.1) is 34.3 Å². The van der Waals surface area contributed by atoms with Crippen LogP contribution in [0.5, 0.6) is 0 Å². The number of anilines is 1. The molecule has 9 nitrogen and oxygen atoms in total. The van der Waals surface area contributed by atoms with Crippen LogP contribution in [0.3, 0.4) is 0 Å². The van der Waals surface area contributed by atoms with Crippen molar-refractivity contribution < 1.29 is 9.59 Å². The van der Waals surface area contributed by atoms with Crippen molar-refractivity contribution in [2.45, 2.75) is 18.2 Å². The third kappa shape index (κ3) is 8.00. The number of amides is 2. The number of rotatable bonds is 11. The molecule has 2 N–H and O–H groups in total. The predicted molar refractivity (Wildman–Crippen MR) is 154 cm³/mol. The minimum Gasteiger partial charge on any atom is -0.345 e. The minimum atomic E-state index is -0.369. The molecular weight excluding hydrogens is 557 g/mol. The van der Waals surface area contributed by atoms with Crippen molar-refractivity contribution in [3.05, 3.63) is 107 Å². The number of carbonyl (C=O) groups excluding carboxylic acids is 2. The molecule has 0 atom stereocenters. The van der Waals surface area contributed by atoms with Crippen molar-refractivity contribution >= 4 is 63.8 Å². The number of azo groups is 1. The van der Waals surface area contributed by atoms with E-state index in [1.165, 1.54) is 17.8 Å². The van der Waals surface area contributed by atoms with Crippen molar-refractivity contribution in [3.63, 3.8) is 0 Å². The second-order valence-corrected chi connectivity index (χ2v) is 9.81. The lowest BCUT2D eigenvalue weighted by molar-refractivity contribution is -0.113. The van der Waals surface area contributed by atoms with E-state index < -0.39 is 0 Å². The molecule has 12 heteroatoms. The summed E-state index contributed by atoms with van der Waals surface area (Å²) in [4.78, 5) is 25.1. The average Bonchev–Trinajstić information content (AvgIpc) is 3.32. The number of carbonyl (C=O) groups is 2. The number of thioether (sulfide) groups is 1. The molecule has 0 saturated carbocycles. The fourth-order valence-electron chi connectivity index (χ4n) is 3.35. The fraction of sp³-hybridized carbons (Fsp3) is 0.111. The third-order valence-corrected chi connectivity index (χ3v) is 6.72. The van der Waals surface area contributed by atoms with Crippen LogP contribution in [0.15, 0.2) is 101 Å². The van der Waals surface area contributed by atoms with Crippen molar-refractivity contribution in [1.29, 1.82) is 0 Å². The minimum absolute atomic E-state index is 0.109. The van der Waals surface area contributed by atoms with Crippen molar-refractivity contribution in [3.8, 4) is 0 Å². The second kappa shape index (κ2) is 13.7. The average molecular weight is 581 g/mol. The van der Waals surface area contributed by atoms with Gasteiger partial charge >= 0.3 is 0 Å². The summed E-state index contributed by atoms with van der Waals surface area (Å²) in [6, 6.07) is 21.1. The van der Waals surface area contributed by atoms with E-state index in [-0.39, 0.29) is 29.1 Å². The quantitative estimate of drug-likeness (QED) is 0.115. The highest BCUT2D eigenvalue weighted by Crippen LogP contribution is 2.23. The summed E-state index contributed by atoms with van der Waals surface area (Å²) in [5, 5.41) is 23.6. The maximum atomic E-state index is 12.6. The molecule has 0 unspecified atom stereocenters. The van der Waals surface area contributed by atoms with Gasteiger partial charge < -0.3 is 15.2 Å². The number of hydrogen-bond donors (Lipinski definition) is 2. The fourth-order valence-corrected chi connectivity index (χ4v) is 4.61. The van der Waals surface area contributed by atoms with Crippen molar-refractivity contribution in [2.24, 2.45) is 10.2 Å². The molecule has 0 saturated heterocycles. The van der Waals surface area contributed by atoms with Crippen molar-refractivity contribution in [2.75, 3.05) is 11.1 Å². The lowest BCUT2D eigenvalue weighted by Crippen LogP contribution is -2.25. The zero-order chi connectivity index (χ0) is 27.6. The zero-order valence-corrected chi connectivity index (χ0v) is 22.9. The Labute approximate surface area is 239 Å². The summed E-state index contributed by atoms with van der Waals surface area (Å²) in [5.41, 5.74) is 2.36. The van der Waals surface area contributed by atoms with E-state index in [4.69, 9.17) is 23.2 Å². The van der Waals surface area contributed by atoms with Gasteiger partial charge in [-0.15, -0.1) is 16.8 Å². The van der Waals surface area contributed by atoms with Crippen LogP contribution >= 0.6 is 35.0 Å². The molecule has 1 heterocycles. The van der Waals surface area contributed by atoms with Gasteiger partial charge in [-0.25, -0.2) is 0 Å². The summed E-state index contributed by atoms with van der Waals surface area (Å²) in [5.74, 6) is 0.0406. The van der Waals surface area contributed by atoms with Crippen LogP contribution < -0.4 is 10.6 Å². The van der Waals surface area contributed by atoms with Crippen LogP contribution in [0.2, 0.25) is 10.0 Å². The first-order chi connectivity index (χ1) is 18.9. The molecule has 0 bridgehead atoms. The van der Waals surface area contributed by atoms with Gasteiger partial charge in [-0.05, 0) is 54.6 Å². The number of allylic oxidation sites excluding steroid dienone is 1. The predicted octanol–water partition coefficient (Wildman–Crippen LogP) is 6.85. The summed E-state index contributed by atoms with van der Waals surface area (Å²) in [6.45, 7) is 4.29. The Morgan fingerprint density at radius 3 is 2.38 bits per heavy atom. The monoisotopic (exact) mass is 579 g/mol. The van der Waals surface area contributed by atoms with Gasteiger partial charge in [0.15, 0.2) is 11.0 Å². The molecule has 4 rings (SSSR count). The van der Waals surface area contributed by atoms with E-state index >= 15 is 0 Å².